The molecule has 4 nitrogen and oxygen atoms in total. The van der Waals surface area contributed by atoms with Crippen molar-refractivity contribution in [2.75, 3.05) is 25.1 Å². The summed E-state index contributed by atoms with van der Waals surface area (Å²) in [6.45, 7) is 1.05. The maximum absolute atomic E-state index is 8.55. The van der Waals surface area contributed by atoms with Gasteiger partial charge in [-0.3, -0.25) is 0 Å². The Hall–Kier alpha value is -0.680. The van der Waals surface area contributed by atoms with Gasteiger partial charge < -0.3 is 10.0 Å². The molecule has 0 radical (unpaired) electrons. The van der Waals surface area contributed by atoms with Crippen molar-refractivity contribution in [2.45, 2.75) is 6.42 Å². The summed E-state index contributed by atoms with van der Waals surface area (Å²) in [4.78, 5) is 6.00. The number of aliphatic hydroxyl groups excluding tert-OH is 1. The van der Waals surface area contributed by atoms with Gasteiger partial charge in [0.2, 0.25) is 5.13 Å². The molecule has 0 aliphatic rings. The summed E-state index contributed by atoms with van der Waals surface area (Å²) in [6, 6.07) is 0. The fraction of sp³-hybridized carbons (Fsp3) is 0.667. The predicted molar refractivity (Wildman–Crippen MR) is 44.9 cm³/mol. The second kappa shape index (κ2) is 4.25. The molecule has 0 amide bonds. The second-order valence-electron chi connectivity index (χ2n) is 2.22. The predicted octanol–water partition coefficient (Wildman–Crippen LogP) is 0.357. The summed E-state index contributed by atoms with van der Waals surface area (Å²) in [5.74, 6) is 0. The lowest BCUT2D eigenvalue weighted by atomic mass is 10.4. The van der Waals surface area contributed by atoms with Gasteiger partial charge in [-0.1, -0.05) is 0 Å². The number of anilines is 1. The van der Waals surface area contributed by atoms with Gasteiger partial charge in [0.15, 0.2) is 0 Å². The van der Waals surface area contributed by atoms with Gasteiger partial charge in [0.1, 0.15) is 6.33 Å². The number of aliphatic hydroxyl groups is 1. The molecule has 11 heavy (non-hydrogen) atoms. The molecule has 1 N–H and O–H groups in total. The summed E-state index contributed by atoms with van der Waals surface area (Å²) in [7, 11) is 1.94. The summed E-state index contributed by atoms with van der Waals surface area (Å²) >= 11 is 1.36. The van der Waals surface area contributed by atoms with Crippen LogP contribution in [0.3, 0.4) is 0 Å². The fourth-order valence-electron chi connectivity index (χ4n) is 0.739. The van der Waals surface area contributed by atoms with Gasteiger partial charge in [-0.05, 0) is 6.42 Å². The Morgan fingerprint density at radius 2 is 2.55 bits per heavy atom. The zero-order valence-corrected chi connectivity index (χ0v) is 7.21. The van der Waals surface area contributed by atoms with Gasteiger partial charge >= 0.3 is 0 Å². The molecule has 0 aromatic carbocycles. The average Bonchev–Trinajstić information content (AvgIpc) is 2.52. The molecular weight excluding hydrogens is 162 g/mol. The lowest BCUT2D eigenvalue weighted by Crippen LogP contribution is -2.18. The van der Waals surface area contributed by atoms with Crippen LogP contribution in [-0.4, -0.2) is 34.7 Å². The number of hydrogen-bond acceptors (Lipinski definition) is 5. The van der Waals surface area contributed by atoms with E-state index in [0.717, 1.165) is 18.1 Å². The van der Waals surface area contributed by atoms with Gasteiger partial charge in [0.05, 0.1) is 0 Å². The fourth-order valence-corrected chi connectivity index (χ4v) is 1.25. The molecule has 5 heteroatoms. The highest BCUT2D eigenvalue weighted by atomic mass is 32.1. The molecule has 1 heterocycles. The molecule has 0 bridgehead atoms. The van der Waals surface area contributed by atoms with E-state index in [9.17, 15) is 0 Å². The molecule has 0 aliphatic heterocycles. The normalized spacial score (nSPS) is 10.0. The summed E-state index contributed by atoms with van der Waals surface area (Å²) in [5.41, 5.74) is 0. The van der Waals surface area contributed by atoms with Crippen molar-refractivity contribution in [3.05, 3.63) is 6.33 Å². The van der Waals surface area contributed by atoms with Crippen LogP contribution in [0.25, 0.3) is 0 Å². The van der Waals surface area contributed by atoms with Crippen LogP contribution in [0.1, 0.15) is 6.42 Å². The Labute approximate surface area is 69.7 Å². The monoisotopic (exact) mass is 173 g/mol. The van der Waals surface area contributed by atoms with Crippen LogP contribution in [-0.2, 0) is 0 Å². The largest absolute Gasteiger partial charge is 0.396 e. The first-order valence-corrected chi connectivity index (χ1v) is 4.20. The number of nitrogens with zero attached hydrogens (tertiary/aromatic N) is 3. The minimum atomic E-state index is 0.225. The molecule has 0 saturated carbocycles. The van der Waals surface area contributed by atoms with Crippen LogP contribution < -0.4 is 4.90 Å². The molecule has 0 saturated heterocycles. The SMILES string of the molecule is CN(CCCO)c1ncns1. The van der Waals surface area contributed by atoms with Crippen molar-refractivity contribution in [3.8, 4) is 0 Å². The molecule has 0 unspecified atom stereocenters. The van der Waals surface area contributed by atoms with Gasteiger partial charge in [-0.2, -0.15) is 4.37 Å². The second-order valence-corrected chi connectivity index (χ2v) is 2.98. The van der Waals surface area contributed by atoms with Gasteiger partial charge in [-0.25, -0.2) is 4.98 Å². The average molecular weight is 173 g/mol. The molecule has 0 aliphatic carbocycles. The van der Waals surface area contributed by atoms with Crippen molar-refractivity contribution in [3.63, 3.8) is 0 Å². The molecule has 1 rings (SSSR count). The van der Waals surface area contributed by atoms with E-state index in [2.05, 4.69) is 9.36 Å². The molecule has 1 aromatic rings. The first-order valence-electron chi connectivity index (χ1n) is 3.43. The van der Waals surface area contributed by atoms with Crippen molar-refractivity contribution >= 4 is 16.7 Å². The highest BCUT2D eigenvalue weighted by molar-refractivity contribution is 7.09. The molecule has 1 aromatic heterocycles. The zero-order chi connectivity index (χ0) is 8.10. The summed E-state index contributed by atoms with van der Waals surface area (Å²) in [6.07, 6.45) is 2.31. The maximum Gasteiger partial charge on any atom is 0.204 e. The highest BCUT2D eigenvalue weighted by Gasteiger charge is 2.01. The lowest BCUT2D eigenvalue weighted by molar-refractivity contribution is 0.290. The van der Waals surface area contributed by atoms with Crippen LogP contribution in [0.2, 0.25) is 0 Å². The minimum absolute atomic E-state index is 0.225. The third-order valence-electron chi connectivity index (χ3n) is 1.33. The number of rotatable bonds is 4. The first kappa shape index (κ1) is 8.42. The molecule has 0 fully saturated rings. The van der Waals surface area contributed by atoms with E-state index in [0.29, 0.717) is 0 Å². The third-order valence-corrected chi connectivity index (χ3v) is 2.11. The zero-order valence-electron chi connectivity index (χ0n) is 6.40. The van der Waals surface area contributed by atoms with Gasteiger partial charge in [-0.15, -0.1) is 0 Å². The van der Waals surface area contributed by atoms with Gasteiger partial charge in [0, 0.05) is 31.7 Å². The van der Waals surface area contributed by atoms with Gasteiger partial charge in [0.25, 0.3) is 0 Å². The van der Waals surface area contributed by atoms with Crippen molar-refractivity contribution in [1.82, 2.24) is 9.36 Å². The smallest absolute Gasteiger partial charge is 0.204 e. The third kappa shape index (κ3) is 2.44. The number of hydrogen-bond donors (Lipinski definition) is 1. The van der Waals surface area contributed by atoms with Crippen LogP contribution in [0.5, 0.6) is 0 Å². The molecule has 62 valence electrons. The van der Waals surface area contributed by atoms with Crippen LogP contribution in [0.4, 0.5) is 5.13 Å². The van der Waals surface area contributed by atoms with E-state index in [-0.39, 0.29) is 6.61 Å². The topological polar surface area (TPSA) is 49.2 Å². The quantitative estimate of drug-likeness (QED) is 0.714. The molecule has 0 atom stereocenters. The Morgan fingerprint density at radius 3 is 3.09 bits per heavy atom. The van der Waals surface area contributed by atoms with E-state index in [1.54, 1.807) is 0 Å². The van der Waals surface area contributed by atoms with E-state index in [1.807, 2.05) is 11.9 Å². The minimum Gasteiger partial charge on any atom is -0.396 e. The maximum atomic E-state index is 8.55. The Bertz CT molecular complexity index is 190. The molecular formula is C6H11N3OS. The summed E-state index contributed by atoms with van der Waals surface area (Å²) in [5, 5.41) is 9.45. The van der Waals surface area contributed by atoms with E-state index in [4.69, 9.17) is 5.11 Å². The van der Waals surface area contributed by atoms with Crippen LogP contribution in [0.15, 0.2) is 6.33 Å². The Balaban J connectivity index is 2.36. The van der Waals surface area contributed by atoms with E-state index in [1.165, 1.54) is 17.9 Å². The first-order chi connectivity index (χ1) is 5.34. The highest BCUT2D eigenvalue weighted by Crippen LogP contribution is 2.11. The van der Waals surface area contributed by atoms with Crippen molar-refractivity contribution in [1.29, 1.82) is 0 Å². The van der Waals surface area contributed by atoms with E-state index < -0.39 is 0 Å². The van der Waals surface area contributed by atoms with Crippen LogP contribution in [0, 0.1) is 0 Å². The number of aromatic nitrogens is 2. The van der Waals surface area contributed by atoms with Crippen LogP contribution >= 0.6 is 11.5 Å². The lowest BCUT2D eigenvalue weighted by Gasteiger charge is -2.13. The Kier molecular flexibility index (Phi) is 3.25. The van der Waals surface area contributed by atoms with Crippen molar-refractivity contribution in [2.24, 2.45) is 0 Å². The van der Waals surface area contributed by atoms with E-state index >= 15 is 0 Å². The summed E-state index contributed by atoms with van der Waals surface area (Å²) < 4.78 is 3.88. The standard InChI is InChI=1S/C6H11N3OS/c1-9(3-2-4-10)6-7-5-8-11-6/h5,10H,2-4H2,1H3. The molecule has 0 spiro atoms. The Morgan fingerprint density at radius 1 is 1.73 bits per heavy atom. The van der Waals surface area contributed by atoms with Crippen molar-refractivity contribution < 1.29 is 5.11 Å².